The number of nitrogens with one attached hydrogen (secondary N) is 1. The molecule has 0 unspecified atom stereocenters. The molecule has 0 spiro atoms. The Labute approximate surface area is 141 Å². The second-order valence-electron chi connectivity index (χ2n) is 6.00. The molecule has 1 amide bonds. The fourth-order valence-electron chi connectivity index (χ4n) is 2.09. The van der Waals surface area contributed by atoms with E-state index in [1.54, 1.807) is 12.1 Å². The number of fused-ring (bicyclic) bond motifs is 1. The van der Waals surface area contributed by atoms with Gasteiger partial charge in [0.1, 0.15) is 0 Å². The molecule has 1 aromatic carbocycles. The lowest BCUT2D eigenvalue weighted by molar-refractivity contribution is 0.0956. The summed E-state index contributed by atoms with van der Waals surface area (Å²) in [4.78, 5) is 12.8. The van der Waals surface area contributed by atoms with Gasteiger partial charge in [-0.25, -0.2) is 8.42 Å². The number of anilines is 1. The summed E-state index contributed by atoms with van der Waals surface area (Å²) in [6, 6.07) is 7.20. The summed E-state index contributed by atoms with van der Waals surface area (Å²) in [5.41, 5.74) is 0.588. The summed E-state index contributed by atoms with van der Waals surface area (Å²) in [6.45, 7) is 4.89. The molecule has 5 nitrogen and oxygen atoms in total. The predicted octanol–water partition coefficient (Wildman–Crippen LogP) is 3.07. The van der Waals surface area contributed by atoms with E-state index in [0.29, 0.717) is 23.0 Å². The van der Waals surface area contributed by atoms with Crippen molar-refractivity contribution in [3.8, 4) is 0 Å². The van der Waals surface area contributed by atoms with Gasteiger partial charge in [0.05, 0.1) is 16.8 Å². The van der Waals surface area contributed by atoms with Gasteiger partial charge in [-0.2, -0.15) is 0 Å². The third-order valence-corrected chi connectivity index (χ3v) is 5.91. The molecule has 0 aliphatic heterocycles. The van der Waals surface area contributed by atoms with Gasteiger partial charge in [-0.15, -0.1) is 11.3 Å². The fraction of sp³-hybridized carbons (Fsp3) is 0.438. The number of rotatable bonds is 6. The molecule has 0 saturated carbocycles. The van der Waals surface area contributed by atoms with Crippen molar-refractivity contribution >= 4 is 43.0 Å². The lowest BCUT2D eigenvalue weighted by Crippen LogP contribution is -2.24. The van der Waals surface area contributed by atoms with Crippen LogP contribution in [-0.2, 0) is 10.0 Å². The molecule has 0 aliphatic carbocycles. The van der Waals surface area contributed by atoms with E-state index in [0.717, 1.165) is 16.5 Å². The van der Waals surface area contributed by atoms with E-state index >= 15 is 0 Å². The molecule has 0 bridgehead atoms. The first-order chi connectivity index (χ1) is 10.7. The minimum Gasteiger partial charge on any atom is -0.351 e. The molecule has 1 aromatic heterocycles. The van der Waals surface area contributed by atoms with Crippen molar-refractivity contribution in [1.29, 1.82) is 0 Å². The largest absolute Gasteiger partial charge is 0.351 e. The normalized spacial score (nSPS) is 11.9. The number of nitrogens with zero attached hydrogens (tertiary/aromatic N) is 1. The molecule has 23 heavy (non-hydrogen) atoms. The summed E-state index contributed by atoms with van der Waals surface area (Å²) < 4.78 is 25.4. The first kappa shape index (κ1) is 17.7. The van der Waals surface area contributed by atoms with Crippen LogP contribution >= 0.6 is 11.3 Å². The molecule has 126 valence electrons. The highest BCUT2D eigenvalue weighted by atomic mass is 32.2. The topological polar surface area (TPSA) is 66.5 Å². The number of hydrogen-bond donors (Lipinski definition) is 1. The molecule has 0 saturated heterocycles. The molecule has 1 heterocycles. The smallest absolute Gasteiger partial charge is 0.261 e. The predicted molar refractivity (Wildman–Crippen MR) is 96.9 cm³/mol. The maximum Gasteiger partial charge on any atom is 0.261 e. The third kappa shape index (κ3) is 4.45. The highest BCUT2D eigenvalue weighted by Crippen LogP contribution is 2.29. The van der Waals surface area contributed by atoms with Crippen molar-refractivity contribution in [3.63, 3.8) is 0 Å². The van der Waals surface area contributed by atoms with Crippen LogP contribution in [0.3, 0.4) is 0 Å². The minimum atomic E-state index is -3.30. The molecule has 0 atom stereocenters. The van der Waals surface area contributed by atoms with Crippen molar-refractivity contribution in [2.45, 2.75) is 20.3 Å². The highest BCUT2D eigenvalue weighted by Gasteiger charge is 2.14. The molecular formula is C16H22N2O3S2. The minimum absolute atomic E-state index is 0.0788. The van der Waals surface area contributed by atoms with Crippen molar-refractivity contribution in [2.24, 2.45) is 5.92 Å². The van der Waals surface area contributed by atoms with Gasteiger partial charge in [-0.05, 0) is 42.0 Å². The second-order valence-corrected chi connectivity index (χ2v) is 9.10. The van der Waals surface area contributed by atoms with Crippen LogP contribution in [0, 0.1) is 5.92 Å². The van der Waals surface area contributed by atoms with Crippen LogP contribution < -0.4 is 9.62 Å². The van der Waals surface area contributed by atoms with Gasteiger partial charge in [-0.1, -0.05) is 13.8 Å². The van der Waals surface area contributed by atoms with Gasteiger partial charge >= 0.3 is 0 Å². The number of carbonyl (C=O) groups excluding carboxylic acids is 1. The molecule has 7 heteroatoms. The Kier molecular flexibility index (Phi) is 5.31. The van der Waals surface area contributed by atoms with Crippen molar-refractivity contribution < 1.29 is 13.2 Å². The van der Waals surface area contributed by atoms with Crippen LogP contribution in [0.1, 0.15) is 29.9 Å². The average Bonchev–Trinajstić information content (AvgIpc) is 2.87. The molecule has 0 aliphatic rings. The quantitative estimate of drug-likeness (QED) is 0.867. The van der Waals surface area contributed by atoms with Crippen LogP contribution in [0.25, 0.3) is 10.1 Å². The maximum absolute atomic E-state index is 12.2. The lowest BCUT2D eigenvalue weighted by Gasteiger charge is -2.16. The third-order valence-electron chi connectivity index (χ3n) is 3.59. The van der Waals surface area contributed by atoms with E-state index in [1.165, 1.54) is 28.9 Å². The maximum atomic E-state index is 12.2. The molecule has 0 radical (unpaired) electrons. The molecule has 1 N–H and O–H groups in total. The van der Waals surface area contributed by atoms with Gasteiger partial charge in [0.2, 0.25) is 10.0 Å². The van der Waals surface area contributed by atoms with E-state index in [4.69, 9.17) is 0 Å². The van der Waals surface area contributed by atoms with Crippen LogP contribution in [0.2, 0.25) is 0 Å². The van der Waals surface area contributed by atoms with Gasteiger partial charge in [-0.3, -0.25) is 9.10 Å². The van der Waals surface area contributed by atoms with Gasteiger partial charge in [0, 0.05) is 18.3 Å². The Bertz CT molecular complexity index is 810. The summed E-state index contributed by atoms with van der Waals surface area (Å²) in [5.74, 6) is 0.469. The van der Waals surface area contributed by atoms with E-state index in [9.17, 15) is 13.2 Å². The Hall–Kier alpha value is -1.60. The number of sulfonamides is 1. The number of hydrogen-bond acceptors (Lipinski definition) is 4. The summed E-state index contributed by atoms with van der Waals surface area (Å²) in [7, 11) is -1.78. The highest BCUT2D eigenvalue weighted by molar-refractivity contribution is 7.92. The van der Waals surface area contributed by atoms with Gasteiger partial charge in [0.25, 0.3) is 5.91 Å². The summed E-state index contributed by atoms with van der Waals surface area (Å²) >= 11 is 1.41. The van der Waals surface area contributed by atoms with Gasteiger partial charge < -0.3 is 5.32 Å². The fourth-order valence-corrected chi connectivity index (χ4v) is 3.55. The Balaban J connectivity index is 2.21. The van der Waals surface area contributed by atoms with Crippen LogP contribution in [-0.4, -0.2) is 34.2 Å². The molecule has 2 rings (SSSR count). The average molecular weight is 354 g/mol. The van der Waals surface area contributed by atoms with Crippen LogP contribution in [0.4, 0.5) is 5.69 Å². The summed E-state index contributed by atoms with van der Waals surface area (Å²) in [6.07, 6.45) is 2.11. The van der Waals surface area contributed by atoms with Crippen molar-refractivity contribution in [1.82, 2.24) is 5.32 Å². The second kappa shape index (κ2) is 6.88. The molecule has 0 fully saturated rings. The zero-order valence-electron chi connectivity index (χ0n) is 13.8. The van der Waals surface area contributed by atoms with Crippen molar-refractivity contribution in [3.05, 3.63) is 29.1 Å². The molecule has 2 aromatic rings. The Morgan fingerprint density at radius 2 is 2.00 bits per heavy atom. The number of thiophene rings is 1. The van der Waals surface area contributed by atoms with Gasteiger partial charge in [0.15, 0.2) is 0 Å². The number of carbonyl (C=O) groups is 1. The van der Waals surface area contributed by atoms with E-state index in [2.05, 4.69) is 19.2 Å². The van der Waals surface area contributed by atoms with E-state index < -0.39 is 10.0 Å². The standard InChI is InChI=1S/C16H22N2O3S2/c1-11(2)7-8-17-16(19)15-10-12-9-13(5-6-14(12)22-15)18(3)23(4,20)21/h5-6,9-11H,7-8H2,1-4H3,(H,17,19). The summed E-state index contributed by atoms with van der Waals surface area (Å²) in [5, 5.41) is 3.79. The zero-order valence-corrected chi connectivity index (χ0v) is 15.4. The van der Waals surface area contributed by atoms with Crippen molar-refractivity contribution in [2.75, 3.05) is 24.2 Å². The van der Waals surface area contributed by atoms with E-state index in [-0.39, 0.29) is 5.91 Å². The first-order valence-corrected chi connectivity index (χ1v) is 10.1. The Morgan fingerprint density at radius 1 is 1.30 bits per heavy atom. The SMILES string of the molecule is CC(C)CCNC(=O)c1cc2cc(N(C)S(C)(=O)=O)ccc2s1. The molecular weight excluding hydrogens is 332 g/mol. The zero-order chi connectivity index (χ0) is 17.2. The lowest BCUT2D eigenvalue weighted by atomic mass is 10.1. The van der Waals surface area contributed by atoms with E-state index in [1.807, 2.05) is 12.1 Å². The number of benzene rings is 1. The first-order valence-electron chi connectivity index (χ1n) is 7.44. The Morgan fingerprint density at radius 3 is 2.61 bits per heavy atom. The van der Waals surface area contributed by atoms with Crippen LogP contribution in [0.5, 0.6) is 0 Å². The monoisotopic (exact) mass is 354 g/mol. The number of amides is 1. The van der Waals surface area contributed by atoms with Crippen LogP contribution in [0.15, 0.2) is 24.3 Å².